The van der Waals surface area contributed by atoms with E-state index in [9.17, 15) is 4.79 Å². The second-order valence-electron chi connectivity index (χ2n) is 3.30. The summed E-state index contributed by atoms with van der Waals surface area (Å²) < 4.78 is 0. The van der Waals surface area contributed by atoms with E-state index < -0.39 is 0 Å². The molecule has 2 heteroatoms. The molecule has 1 radical (unpaired) electrons. The average molecular weight is 193 g/mol. The van der Waals surface area contributed by atoms with Crippen LogP contribution < -0.4 is 0 Å². The first-order valence-corrected chi connectivity index (χ1v) is 4.90. The third-order valence-corrected chi connectivity index (χ3v) is 2.38. The van der Waals surface area contributed by atoms with Gasteiger partial charge in [-0.05, 0) is 31.9 Å². The Kier molecular flexibility index (Phi) is 3.22. The van der Waals surface area contributed by atoms with Crippen LogP contribution in [0.2, 0.25) is 0 Å². The van der Waals surface area contributed by atoms with Gasteiger partial charge in [0.1, 0.15) is 0 Å². The Bertz CT molecular complexity index is 319. The molecule has 0 aliphatic heterocycles. The maximum atomic E-state index is 11.5. The van der Waals surface area contributed by atoms with Gasteiger partial charge in [-0.3, -0.25) is 4.79 Å². The second kappa shape index (κ2) is 4.02. The molecule has 1 unspecified atom stereocenters. The van der Waals surface area contributed by atoms with Gasteiger partial charge in [0.25, 0.3) is 0 Å². The van der Waals surface area contributed by atoms with Crippen LogP contribution in [0.3, 0.4) is 0 Å². The predicted octanol–water partition coefficient (Wildman–Crippen LogP) is 2.83. The SMILES string of the molecule is Cc1cc(C)c(C(=O)[CH]P)c(C)c1. The lowest BCUT2D eigenvalue weighted by molar-refractivity contribution is 0.103. The molecule has 1 rings (SSSR count). The Morgan fingerprint density at radius 1 is 1.23 bits per heavy atom. The van der Waals surface area contributed by atoms with Crippen molar-refractivity contribution in [2.75, 3.05) is 0 Å². The van der Waals surface area contributed by atoms with Gasteiger partial charge in [0.05, 0.1) is 6.16 Å². The Morgan fingerprint density at radius 2 is 1.69 bits per heavy atom. The fourth-order valence-corrected chi connectivity index (χ4v) is 1.82. The molecule has 0 aromatic heterocycles. The van der Waals surface area contributed by atoms with Crippen molar-refractivity contribution in [2.45, 2.75) is 20.8 Å². The third-order valence-electron chi connectivity index (χ3n) is 2.07. The number of hydrogen-bond acceptors (Lipinski definition) is 1. The van der Waals surface area contributed by atoms with Crippen LogP contribution in [0.15, 0.2) is 12.1 Å². The largest absolute Gasteiger partial charge is 0.293 e. The van der Waals surface area contributed by atoms with E-state index in [-0.39, 0.29) is 5.78 Å². The third kappa shape index (κ3) is 2.16. The zero-order valence-corrected chi connectivity index (χ0v) is 9.37. The smallest absolute Gasteiger partial charge is 0.171 e. The minimum atomic E-state index is 0.0833. The standard InChI is InChI=1S/C11H14OP/c1-7-4-8(2)11(9(3)5-7)10(12)6-13/h4-6H,13H2,1-3H3. The van der Waals surface area contributed by atoms with Gasteiger partial charge in [-0.2, -0.15) is 0 Å². The molecule has 1 atom stereocenters. The van der Waals surface area contributed by atoms with Gasteiger partial charge < -0.3 is 0 Å². The zero-order valence-electron chi connectivity index (χ0n) is 8.22. The summed E-state index contributed by atoms with van der Waals surface area (Å²) in [6, 6.07) is 4.07. The van der Waals surface area contributed by atoms with Crippen LogP contribution in [-0.2, 0) is 0 Å². The van der Waals surface area contributed by atoms with Gasteiger partial charge >= 0.3 is 0 Å². The van der Waals surface area contributed by atoms with Crippen LogP contribution in [0.4, 0.5) is 0 Å². The van der Waals surface area contributed by atoms with Gasteiger partial charge in [-0.25, -0.2) is 0 Å². The van der Waals surface area contributed by atoms with Crippen LogP contribution in [0.5, 0.6) is 0 Å². The van der Waals surface area contributed by atoms with E-state index in [4.69, 9.17) is 0 Å². The Balaban J connectivity index is 3.28. The molecule has 0 heterocycles. The Hall–Kier alpha value is -0.680. The molecule has 0 saturated carbocycles. The number of rotatable bonds is 2. The maximum Gasteiger partial charge on any atom is 0.171 e. The summed E-state index contributed by atoms with van der Waals surface area (Å²) in [5.74, 6) is 0.0833. The molecule has 69 valence electrons. The highest BCUT2D eigenvalue weighted by molar-refractivity contribution is 7.21. The maximum absolute atomic E-state index is 11.5. The lowest BCUT2D eigenvalue weighted by Crippen LogP contribution is -2.02. The van der Waals surface area contributed by atoms with Crippen molar-refractivity contribution < 1.29 is 4.79 Å². The van der Waals surface area contributed by atoms with E-state index in [0.29, 0.717) is 0 Å². The molecule has 0 aliphatic carbocycles. The van der Waals surface area contributed by atoms with E-state index in [1.54, 1.807) is 0 Å². The number of Topliss-reactive ketones (excluding diaryl/α,β-unsaturated/α-hetero) is 1. The lowest BCUT2D eigenvalue weighted by atomic mass is 9.97. The van der Waals surface area contributed by atoms with Gasteiger partial charge in [0.2, 0.25) is 0 Å². The molecule has 0 aliphatic rings. The van der Waals surface area contributed by atoms with Gasteiger partial charge in [-0.1, -0.05) is 17.7 Å². The highest BCUT2D eigenvalue weighted by Gasteiger charge is 2.10. The minimum Gasteiger partial charge on any atom is -0.293 e. The van der Waals surface area contributed by atoms with Crippen molar-refractivity contribution in [2.24, 2.45) is 0 Å². The highest BCUT2D eigenvalue weighted by Crippen LogP contribution is 2.18. The Labute approximate surface area is 81.7 Å². The fraction of sp³-hybridized carbons (Fsp3) is 0.273. The molecular formula is C11H14OP. The van der Waals surface area contributed by atoms with Crippen molar-refractivity contribution in [3.8, 4) is 0 Å². The normalized spacial score (nSPS) is 10.2. The molecule has 0 saturated heterocycles. The van der Waals surface area contributed by atoms with Gasteiger partial charge in [0.15, 0.2) is 5.78 Å². The molecule has 1 aromatic carbocycles. The number of ketones is 1. The average Bonchev–Trinajstić information content (AvgIpc) is 2.02. The van der Waals surface area contributed by atoms with Gasteiger partial charge in [0, 0.05) is 5.56 Å². The summed E-state index contributed by atoms with van der Waals surface area (Å²) in [6.07, 6.45) is 1.53. The van der Waals surface area contributed by atoms with E-state index >= 15 is 0 Å². The van der Waals surface area contributed by atoms with Crippen LogP contribution >= 0.6 is 9.24 Å². The number of aryl methyl sites for hydroxylation is 3. The molecule has 13 heavy (non-hydrogen) atoms. The monoisotopic (exact) mass is 193 g/mol. The van der Waals surface area contributed by atoms with Crippen LogP contribution in [-0.4, -0.2) is 5.78 Å². The fourth-order valence-electron chi connectivity index (χ4n) is 1.65. The molecular weight excluding hydrogens is 179 g/mol. The van der Waals surface area contributed by atoms with Crippen LogP contribution in [0.25, 0.3) is 0 Å². The lowest BCUT2D eigenvalue weighted by Gasteiger charge is -2.08. The van der Waals surface area contributed by atoms with Gasteiger partial charge in [-0.15, -0.1) is 9.24 Å². The zero-order chi connectivity index (χ0) is 10.0. The quantitative estimate of drug-likeness (QED) is 0.521. The second-order valence-corrected chi connectivity index (χ2v) is 3.64. The van der Waals surface area contributed by atoms with Crippen LogP contribution in [0, 0.1) is 26.9 Å². The minimum absolute atomic E-state index is 0.0833. The molecule has 1 nitrogen and oxygen atoms in total. The van der Waals surface area contributed by atoms with E-state index in [1.165, 1.54) is 11.7 Å². The molecule has 0 fully saturated rings. The van der Waals surface area contributed by atoms with Crippen molar-refractivity contribution in [3.63, 3.8) is 0 Å². The first-order chi connectivity index (χ1) is 6.06. The summed E-state index contributed by atoms with van der Waals surface area (Å²) in [5, 5.41) is 0. The van der Waals surface area contributed by atoms with E-state index in [1.807, 2.05) is 32.9 Å². The van der Waals surface area contributed by atoms with E-state index in [2.05, 4.69) is 9.24 Å². The molecule has 0 bridgehead atoms. The number of hydrogen-bond donors (Lipinski definition) is 0. The number of carbonyl (C=O) groups is 1. The first kappa shape index (κ1) is 10.4. The van der Waals surface area contributed by atoms with Crippen molar-refractivity contribution in [1.29, 1.82) is 0 Å². The summed E-state index contributed by atoms with van der Waals surface area (Å²) in [4.78, 5) is 11.5. The summed E-state index contributed by atoms with van der Waals surface area (Å²) in [6.45, 7) is 5.99. The topological polar surface area (TPSA) is 17.1 Å². The van der Waals surface area contributed by atoms with Crippen molar-refractivity contribution in [3.05, 3.63) is 40.5 Å². The van der Waals surface area contributed by atoms with E-state index in [0.717, 1.165) is 16.7 Å². The number of benzene rings is 1. The Morgan fingerprint density at radius 3 is 2.08 bits per heavy atom. The predicted molar refractivity (Wildman–Crippen MR) is 59.0 cm³/mol. The number of carbonyl (C=O) groups excluding carboxylic acids is 1. The van der Waals surface area contributed by atoms with Crippen LogP contribution in [0.1, 0.15) is 27.0 Å². The first-order valence-electron chi connectivity index (χ1n) is 4.23. The van der Waals surface area contributed by atoms with Crippen molar-refractivity contribution >= 4 is 15.0 Å². The summed E-state index contributed by atoms with van der Waals surface area (Å²) >= 11 is 0. The molecule has 0 spiro atoms. The molecule has 0 amide bonds. The molecule has 0 N–H and O–H groups in total. The molecule has 1 aromatic rings. The summed E-state index contributed by atoms with van der Waals surface area (Å²) in [5.41, 5.74) is 4.15. The summed E-state index contributed by atoms with van der Waals surface area (Å²) in [7, 11) is 2.35. The van der Waals surface area contributed by atoms with Crippen molar-refractivity contribution in [1.82, 2.24) is 0 Å². The highest BCUT2D eigenvalue weighted by atomic mass is 31.0.